The summed E-state index contributed by atoms with van der Waals surface area (Å²) < 4.78 is 9.30. The third-order valence-electron chi connectivity index (χ3n) is 1.28. The van der Waals surface area contributed by atoms with Crippen molar-refractivity contribution >= 4 is 12.1 Å². The molecule has 0 spiro atoms. The summed E-state index contributed by atoms with van der Waals surface area (Å²) in [5, 5.41) is 2.50. The molecule has 0 bridgehead atoms. The van der Waals surface area contributed by atoms with E-state index in [9.17, 15) is 9.59 Å². The average Bonchev–Trinajstić information content (AvgIpc) is 2.17. The Labute approximate surface area is 83.1 Å². The minimum absolute atomic E-state index is 0.261. The van der Waals surface area contributed by atoms with Crippen molar-refractivity contribution in [1.82, 2.24) is 5.32 Å². The zero-order chi connectivity index (χ0) is 10.8. The van der Waals surface area contributed by atoms with Crippen molar-refractivity contribution < 1.29 is 19.1 Å². The van der Waals surface area contributed by atoms with Gasteiger partial charge in [-0.3, -0.25) is 0 Å². The fraction of sp³-hybridized carbons (Fsp3) is 0.556. The van der Waals surface area contributed by atoms with E-state index in [1.54, 1.807) is 6.92 Å². The van der Waals surface area contributed by atoms with Crippen LogP contribution in [-0.4, -0.2) is 31.8 Å². The summed E-state index contributed by atoms with van der Waals surface area (Å²) >= 11 is 0. The van der Waals surface area contributed by atoms with Gasteiger partial charge in [0.2, 0.25) is 0 Å². The van der Waals surface area contributed by atoms with E-state index in [0.29, 0.717) is 19.6 Å². The quantitative estimate of drug-likeness (QED) is 0.393. The Morgan fingerprint density at radius 1 is 1.43 bits per heavy atom. The van der Waals surface area contributed by atoms with Gasteiger partial charge in [0.1, 0.15) is 0 Å². The highest BCUT2D eigenvalue weighted by molar-refractivity contribution is 5.81. The summed E-state index contributed by atoms with van der Waals surface area (Å²) in [6.45, 7) is 6.00. The lowest BCUT2D eigenvalue weighted by Crippen LogP contribution is -2.26. The number of hydrogen-bond donors (Lipinski definition) is 1. The van der Waals surface area contributed by atoms with Crippen molar-refractivity contribution in [3.63, 3.8) is 0 Å². The van der Waals surface area contributed by atoms with E-state index in [1.807, 2.05) is 0 Å². The Bertz CT molecular complexity index is 203. The smallest absolute Gasteiger partial charge is 0.407 e. The topological polar surface area (TPSA) is 64.6 Å². The molecular formula is C9H15NO4. The first-order chi connectivity index (χ1) is 6.70. The van der Waals surface area contributed by atoms with E-state index >= 15 is 0 Å². The molecule has 0 aromatic rings. The molecule has 0 saturated heterocycles. The third kappa shape index (κ3) is 7.15. The van der Waals surface area contributed by atoms with Gasteiger partial charge in [-0.2, -0.15) is 0 Å². The predicted octanol–water partition coefficient (Wildman–Crippen LogP) is 0.852. The van der Waals surface area contributed by atoms with Crippen LogP contribution >= 0.6 is 0 Å². The fourth-order valence-electron chi connectivity index (χ4n) is 0.676. The van der Waals surface area contributed by atoms with Crippen molar-refractivity contribution in [1.29, 1.82) is 0 Å². The molecule has 0 atom stereocenters. The van der Waals surface area contributed by atoms with E-state index in [-0.39, 0.29) is 6.61 Å². The molecule has 1 N–H and O–H groups in total. The standard InChI is InChI=1S/C9H15NO4/c1-3-8(11)14-7-5-6-10-9(12)13-4-2/h3H,1,4-7H2,2H3,(H,10,12). The average molecular weight is 201 g/mol. The Kier molecular flexibility index (Phi) is 7.22. The van der Waals surface area contributed by atoms with Gasteiger partial charge in [0.25, 0.3) is 0 Å². The number of nitrogens with one attached hydrogen (secondary N) is 1. The van der Waals surface area contributed by atoms with Gasteiger partial charge in [-0.15, -0.1) is 0 Å². The molecular weight excluding hydrogens is 186 g/mol. The predicted molar refractivity (Wildman–Crippen MR) is 50.8 cm³/mol. The molecule has 0 fully saturated rings. The van der Waals surface area contributed by atoms with Gasteiger partial charge in [-0.1, -0.05) is 6.58 Å². The second kappa shape index (κ2) is 8.10. The molecule has 0 aliphatic heterocycles. The number of alkyl carbamates (subject to hydrolysis) is 1. The summed E-state index contributed by atoms with van der Waals surface area (Å²) in [6, 6.07) is 0. The van der Waals surface area contributed by atoms with Crippen LogP contribution in [0.25, 0.3) is 0 Å². The zero-order valence-corrected chi connectivity index (χ0v) is 8.25. The van der Waals surface area contributed by atoms with E-state index < -0.39 is 12.1 Å². The summed E-state index contributed by atoms with van der Waals surface area (Å²) in [7, 11) is 0. The van der Waals surface area contributed by atoms with E-state index in [4.69, 9.17) is 0 Å². The number of carbonyl (C=O) groups excluding carboxylic acids is 2. The van der Waals surface area contributed by atoms with Gasteiger partial charge < -0.3 is 14.8 Å². The molecule has 5 heteroatoms. The van der Waals surface area contributed by atoms with Crippen LogP contribution in [-0.2, 0) is 14.3 Å². The maximum atomic E-state index is 10.7. The molecule has 5 nitrogen and oxygen atoms in total. The molecule has 1 amide bonds. The molecule has 80 valence electrons. The van der Waals surface area contributed by atoms with Crippen LogP contribution in [0, 0.1) is 0 Å². The highest BCUT2D eigenvalue weighted by Crippen LogP contribution is 1.84. The number of amides is 1. The van der Waals surface area contributed by atoms with Gasteiger partial charge in [0.05, 0.1) is 13.2 Å². The largest absolute Gasteiger partial charge is 0.462 e. The minimum Gasteiger partial charge on any atom is -0.462 e. The number of esters is 1. The van der Waals surface area contributed by atoms with Gasteiger partial charge in [-0.05, 0) is 13.3 Å². The minimum atomic E-state index is -0.457. The summed E-state index contributed by atoms with van der Waals surface area (Å²) in [5.74, 6) is -0.457. The van der Waals surface area contributed by atoms with Crippen LogP contribution in [0.2, 0.25) is 0 Å². The SMILES string of the molecule is C=CC(=O)OCCCNC(=O)OCC. The molecule has 0 aliphatic carbocycles. The number of carbonyl (C=O) groups is 2. The van der Waals surface area contributed by atoms with Crippen molar-refractivity contribution in [2.75, 3.05) is 19.8 Å². The molecule has 0 aromatic heterocycles. The molecule has 0 unspecified atom stereocenters. The van der Waals surface area contributed by atoms with Crippen molar-refractivity contribution in [3.05, 3.63) is 12.7 Å². The molecule has 0 aromatic carbocycles. The number of rotatable bonds is 6. The van der Waals surface area contributed by atoms with Crippen molar-refractivity contribution in [3.8, 4) is 0 Å². The highest BCUT2D eigenvalue weighted by Gasteiger charge is 1.99. The summed E-state index contributed by atoms with van der Waals surface area (Å²) in [4.78, 5) is 21.3. The van der Waals surface area contributed by atoms with E-state index in [2.05, 4.69) is 21.4 Å². The molecule has 0 heterocycles. The Morgan fingerprint density at radius 3 is 2.71 bits per heavy atom. The second-order valence-electron chi connectivity index (χ2n) is 2.37. The van der Waals surface area contributed by atoms with E-state index in [1.165, 1.54) is 0 Å². The van der Waals surface area contributed by atoms with E-state index in [0.717, 1.165) is 6.08 Å². The zero-order valence-electron chi connectivity index (χ0n) is 8.25. The normalized spacial score (nSPS) is 8.93. The summed E-state index contributed by atoms with van der Waals surface area (Å²) in [6.07, 6.45) is 1.19. The van der Waals surface area contributed by atoms with Gasteiger partial charge in [0.15, 0.2) is 0 Å². The second-order valence-corrected chi connectivity index (χ2v) is 2.37. The molecule has 0 aliphatic rings. The maximum absolute atomic E-state index is 10.7. The molecule has 14 heavy (non-hydrogen) atoms. The third-order valence-corrected chi connectivity index (χ3v) is 1.28. The fourth-order valence-corrected chi connectivity index (χ4v) is 0.676. The lowest BCUT2D eigenvalue weighted by Gasteiger charge is -2.04. The Hall–Kier alpha value is -1.52. The number of hydrogen-bond acceptors (Lipinski definition) is 4. The molecule has 0 radical (unpaired) electrons. The Balaban J connectivity index is 3.25. The highest BCUT2D eigenvalue weighted by atomic mass is 16.5. The lowest BCUT2D eigenvalue weighted by atomic mass is 10.4. The van der Waals surface area contributed by atoms with Gasteiger partial charge >= 0.3 is 12.1 Å². The first kappa shape index (κ1) is 12.5. The Morgan fingerprint density at radius 2 is 2.14 bits per heavy atom. The number of ether oxygens (including phenoxy) is 2. The van der Waals surface area contributed by atoms with Crippen LogP contribution < -0.4 is 5.32 Å². The lowest BCUT2D eigenvalue weighted by molar-refractivity contribution is -0.137. The maximum Gasteiger partial charge on any atom is 0.407 e. The van der Waals surface area contributed by atoms with Gasteiger partial charge in [-0.25, -0.2) is 9.59 Å². The van der Waals surface area contributed by atoms with Crippen molar-refractivity contribution in [2.24, 2.45) is 0 Å². The summed E-state index contributed by atoms with van der Waals surface area (Å²) in [5.41, 5.74) is 0. The van der Waals surface area contributed by atoms with Crippen LogP contribution in [0.1, 0.15) is 13.3 Å². The van der Waals surface area contributed by atoms with Crippen LogP contribution in [0.15, 0.2) is 12.7 Å². The molecule has 0 saturated carbocycles. The monoisotopic (exact) mass is 201 g/mol. The van der Waals surface area contributed by atoms with Gasteiger partial charge in [0, 0.05) is 12.6 Å². The van der Waals surface area contributed by atoms with Crippen LogP contribution in [0.4, 0.5) is 4.79 Å². The first-order valence-electron chi connectivity index (χ1n) is 4.40. The molecule has 0 rings (SSSR count). The first-order valence-corrected chi connectivity index (χ1v) is 4.40. The van der Waals surface area contributed by atoms with Crippen LogP contribution in [0.5, 0.6) is 0 Å². The van der Waals surface area contributed by atoms with Crippen molar-refractivity contribution in [2.45, 2.75) is 13.3 Å². The van der Waals surface area contributed by atoms with Crippen LogP contribution in [0.3, 0.4) is 0 Å².